The summed E-state index contributed by atoms with van der Waals surface area (Å²) in [7, 11) is 0. The number of benzene rings is 4. The molecule has 2 atom stereocenters. The van der Waals surface area contributed by atoms with Crippen LogP contribution in [0.5, 0.6) is 11.5 Å². The van der Waals surface area contributed by atoms with Crippen molar-refractivity contribution in [2.75, 3.05) is 0 Å². The first-order valence-electron chi connectivity index (χ1n) is 18.9. The van der Waals surface area contributed by atoms with Crippen LogP contribution in [0.25, 0.3) is 44.4 Å². The fourth-order valence-corrected chi connectivity index (χ4v) is 7.69. The Morgan fingerprint density at radius 2 is 1.52 bits per heavy atom. The van der Waals surface area contributed by atoms with Gasteiger partial charge in [-0.1, -0.05) is 103 Å². The minimum absolute atomic E-state index is 0. The van der Waals surface area contributed by atoms with Gasteiger partial charge in [0.1, 0.15) is 5.82 Å². The van der Waals surface area contributed by atoms with Crippen LogP contribution in [0, 0.1) is 49.7 Å². The third kappa shape index (κ3) is 7.84. The second-order valence-corrected chi connectivity index (χ2v) is 17.2. The van der Waals surface area contributed by atoms with Gasteiger partial charge in [0, 0.05) is 34.5 Å². The standard InChI is InChI=1S/C48H52N4O.Pt/c1-30-21-22-49-45(23-30)51-43-20-17-37(31(2)32(3)48(9,10)11)26-42(43)41-19-18-39(28-44(41)51)53-40-25-35(29-47(6,7)8)24-38(27-40)52-34(5)46(33(4)50-52)36-15-13-12-14-16-36;/h12-26,31-32H,29H2,1-11H3;/q-2;+2. The van der Waals surface area contributed by atoms with Gasteiger partial charge in [-0.2, -0.15) is 16.7 Å². The molecule has 7 aromatic rings. The molecule has 0 bridgehead atoms. The Balaban J connectivity index is 0.00000497. The number of nitrogens with zero attached hydrogens (tertiary/aromatic N) is 4. The van der Waals surface area contributed by atoms with Gasteiger partial charge < -0.3 is 9.30 Å². The second-order valence-electron chi connectivity index (χ2n) is 17.2. The van der Waals surface area contributed by atoms with Crippen molar-refractivity contribution < 1.29 is 25.8 Å². The van der Waals surface area contributed by atoms with Crippen LogP contribution in [0.2, 0.25) is 0 Å². The molecule has 0 amide bonds. The van der Waals surface area contributed by atoms with Crippen molar-refractivity contribution in [3.05, 3.63) is 131 Å². The van der Waals surface area contributed by atoms with Crippen molar-refractivity contribution in [2.24, 2.45) is 16.7 Å². The molecular weight excluding hydrogens is 844 g/mol. The first-order valence-corrected chi connectivity index (χ1v) is 18.9. The van der Waals surface area contributed by atoms with Gasteiger partial charge in [-0.3, -0.25) is 4.68 Å². The maximum absolute atomic E-state index is 6.72. The summed E-state index contributed by atoms with van der Waals surface area (Å²) in [5, 5.41) is 7.33. The molecule has 0 radical (unpaired) electrons. The van der Waals surface area contributed by atoms with E-state index in [1.54, 1.807) is 0 Å². The molecule has 0 aliphatic heterocycles. The summed E-state index contributed by atoms with van der Waals surface area (Å²) in [6.45, 7) is 24.8. The monoisotopic (exact) mass is 895 g/mol. The molecule has 54 heavy (non-hydrogen) atoms. The minimum atomic E-state index is 0. The van der Waals surface area contributed by atoms with Crippen LogP contribution in [0.3, 0.4) is 0 Å². The molecule has 0 saturated heterocycles. The fourth-order valence-electron chi connectivity index (χ4n) is 7.69. The second kappa shape index (κ2) is 15.0. The molecule has 3 aromatic heterocycles. The maximum Gasteiger partial charge on any atom is 2.00 e. The molecule has 0 N–H and O–H groups in total. The number of hydrogen-bond acceptors (Lipinski definition) is 3. The third-order valence-electron chi connectivity index (χ3n) is 10.9. The Morgan fingerprint density at radius 3 is 2.20 bits per heavy atom. The molecule has 4 aromatic carbocycles. The third-order valence-corrected chi connectivity index (χ3v) is 10.9. The molecular formula is C48H52N4OPt. The number of hydrogen-bond donors (Lipinski definition) is 0. The molecule has 3 heterocycles. The SMILES string of the molecule is Cc1ccnc(-n2c3[c-]c(Oc4[c-]c(-n5nc(C)c(-c6ccccc6)c5C)cc(CC(C)(C)C)c4)ccc3c3cc(C(C)C(C)C(C)(C)C)ccc32)c1.[Pt+2]. The van der Waals surface area contributed by atoms with Crippen molar-refractivity contribution in [1.82, 2.24) is 19.3 Å². The first-order chi connectivity index (χ1) is 25.1. The Bertz CT molecular complexity index is 2440. The van der Waals surface area contributed by atoms with E-state index in [1.165, 1.54) is 16.5 Å². The zero-order chi connectivity index (χ0) is 37.8. The molecule has 0 fully saturated rings. The first kappa shape index (κ1) is 39.2. The predicted molar refractivity (Wildman–Crippen MR) is 220 cm³/mol. The topological polar surface area (TPSA) is 44.9 Å². The van der Waals surface area contributed by atoms with Crippen LogP contribution >= 0.6 is 0 Å². The van der Waals surface area contributed by atoms with Gasteiger partial charge in [0.15, 0.2) is 0 Å². The van der Waals surface area contributed by atoms with E-state index in [0.29, 0.717) is 23.3 Å². The number of aromatic nitrogens is 4. The van der Waals surface area contributed by atoms with Gasteiger partial charge in [0.25, 0.3) is 0 Å². The number of aryl methyl sites for hydroxylation is 2. The normalized spacial score (nSPS) is 13.2. The van der Waals surface area contributed by atoms with Crippen LogP contribution in [-0.2, 0) is 27.5 Å². The minimum Gasteiger partial charge on any atom is -0.509 e. The Labute approximate surface area is 336 Å². The molecule has 0 aliphatic rings. The van der Waals surface area contributed by atoms with Gasteiger partial charge in [0.2, 0.25) is 0 Å². The van der Waals surface area contributed by atoms with Crippen LogP contribution in [-0.4, -0.2) is 19.3 Å². The zero-order valence-corrected chi connectivity index (χ0v) is 35.8. The molecule has 6 heteroatoms. The smallest absolute Gasteiger partial charge is 0.509 e. The molecule has 0 saturated carbocycles. The van der Waals surface area contributed by atoms with Crippen molar-refractivity contribution in [3.8, 4) is 34.1 Å². The quantitative estimate of drug-likeness (QED) is 0.143. The number of pyridine rings is 1. The molecule has 0 spiro atoms. The van der Waals surface area contributed by atoms with E-state index in [2.05, 4.69) is 160 Å². The largest absolute Gasteiger partial charge is 2.00 e. The number of rotatable bonds is 8. The summed E-state index contributed by atoms with van der Waals surface area (Å²) in [6.07, 6.45) is 2.75. The fraction of sp³-hybridized carbons (Fsp3) is 0.333. The summed E-state index contributed by atoms with van der Waals surface area (Å²) in [6, 6.07) is 37.3. The van der Waals surface area contributed by atoms with Crippen LogP contribution in [0.4, 0.5) is 0 Å². The van der Waals surface area contributed by atoms with Crippen molar-refractivity contribution in [1.29, 1.82) is 0 Å². The van der Waals surface area contributed by atoms with E-state index >= 15 is 0 Å². The summed E-state index contributed by atoms with van der Waals surface area (Å²) in [5.41, 5.74) is 11.2. The molecule has 7 rings (SSSR count). The molecule has 280 valence electrons. The summed E-state index contributed by atoms with van der Waals surface area (Å²) >= 11 is 0. The molecule has 2 unspecified atom stereocenters. The van der Waals surface area contributed by atoms with E-state index in [-0.39, 0.29) is 31.9 Å². The predicted octanol–water partition coefficient (Wildman–Crippen LogP) is 12.7. The number of ether oxygens (including phenoxy) is 1. The van der Waals surface area contributed by atoms with Gasteiger partial charge in [-0.25, -0.2) is 4.98 Å². The van der Waals surface area contributed by atoms with Gasteiger partial charge in [-0.05, 0) is 95.8 Å². The number of fused-ring (bicyclic) bond motifs is 3. The van der Waals surface area contributed by atoms with Gasteiger partial charge in [-0.15, -0.1) is 35.7 Å². The average molecular weight is 896 g/mol. The van der Waals surface area contributed by atoms with Crippen molar-refractivity contribution in [2.45, 2.75) is 88.5 Å². The molecule has 0 aliphatic carbocycles. The van der Waals surface area contributed by atoms with Gasteiger partial charge >= 0.3 is 21.1 Å². The Hall–Kier alpha value is -4.47. The zero-order valence-electron chi connectivity index (χ0n) is 33.5. The summed E-state index contributed by atoms with van der Waals surface area (Å²) in [4.78, 5) is 4.83. The summed E-state index contributed by atoms with van der Waals surface area (Å²) in [5.74, 6) is 3.03. The average Bonchev–Trinajstić information content (AvgIpc) is 3.58. The summed E-state index contributed by atoms with van der Waals surface area (Å²) < 4.78 is 10.9. The van der Waals surface area contributed by atoms with E-state index in [4.69, 9.17) is 14.8 Å². The van der Waals surface area contributed by atoms with Gasteiger partial charge in [0.05, 0.1) is 5.69 Å². The van der Waals surface area contributed by atoms with Crippen LogP contribution in [0.15, 0.2) is 91.1 Å². The van der Waals surface area contributed by atoms with Crippen molar-refractivity contribution in [3.63, 3.8) is 0 Å². The van der Waals surface area contributed by atoms with Crippen LogP contribution in [0.1, 0.15) is 89.4 Å². The van der Waals surface area contributed by atoms with Crippen LogP contribution < -0.4 is 4.74 Å². The molecule has 5 nitrogen and oxygen atoms in total. The van der Waals surface area contributed by atoms with E-state index < -0.39 is 0 Å². The maximum atomic E-state index is 6.72. The van der Waals surface area contributed by atoms with E-state index in [9.17, 15) is 0 Å². The van der Waals surface area contributed by atoms with Crippen molar-refractivity contribution >= 4 is 21.8 Å². The van der Waals surface area contributed by atoms with E-state index in [0.717, 1.165) is 62.4 Å². The van der Waals surface area contributed by atoms with E-state index in [1.807, 2.05) is 29.1 Å². The Kier molecular flexibility index (Phi) is 10.9. The Morgan fingerprint density at radius 1 is 0.778 bits per heavy atom.